The number of allylic oxidation sites excluding steroid dienone is 10. The van der Waals surface area contributed by atoms with Gasteiger partial charge in [0.25, 0.3) is 0 Å². The minimum absolute atomic E-state index is 0.0907. The molecule has 0 radical (unpaired) electrons. The van der Waals surface area contributed by atoms with Gasteiger partial charge in [-0.1, -0.05) is 43.7 Å². The Balaban J connectivity index is 2.18. The van der Waals surface area contributed by atoms with E-state index in [1.54, 1.807) is 0 Å². The zero-order chi connectivity index (χ0) is 18.8. The molecule has 0 atom stereocenters. The molecule has 0 aliphatic heterocycles. The third-order valence-electron chi connectivity index (χ3n) is 4.98. The summed E-state index contributed by atoms with van der Waals surface area (Å²) in [5.74, 6) is 0.208. The van der Waals surface area contributed by atoms with Crippen LogP contribution in [-0.4, -0.2) is 11.6 Å². The summed E-state index contributed by atoms with van der Waals surface area (Å²) in [5.41, 5.74) is 7.20. The zero-order valence-electron chi connectivity index (χ0n) is 15.8. The van der Waals surface area contributed by atoms with Crippen LogP contribution in [0.1, 0.15) is 44.7 Å². The molecule has 0 spiro atoms. The standard InChI is InChI=1S/C24H24O2/c1-5-17-12-20(11-16(4)23(17)25)21-13-18(6-2)24(26)22(14-21)19-9-7-15(3)8-10-19/h7-14H,5-6H2,1-4H3. The van der Waals surface area contributed by atoms with Crippen molar-refractivity contribution in [2.24, 2.45) is 0 Å². The average molecular weight is 344 g/mol. The minimum Gasteiger partial charge on any atom is -0.289 e. The number of hydrogen-bond donors (Lipinski definition) is 0. The van der Waals surface area contributed by atoms with Gasteiger partial charge < -0.3 is 0 Å². The largest absolute Gasteiger partial charge is 0.289 e. The number of ketones is 2. The molecule has 1 aromatic carbocycles. The maximum absolute atomic E-state index is 12.9. The summed E-state index contributed by atoms with van der Waals surface area (Å²) in [4.78, 5) is 25.1. The second-order valence-electron chi connectivity index (χ2n) is 6.87. The highest BCUT2D eigenvalue weighted by molar-refractivity contribution is 6.30. The lowest BCUT2D eigenvalue weighted by Gasteiger charge is -2.19. The van der Waals surface area contributed by atoms with E-state index in [0.29, 0.717) is 12.8 Å². The first kappa shape index (κ1) is 18.1. The summed E-state index contributed by atoms with van der Waals surface area (Å²) in [6, 6.07) is 8.05. The molecule has 3 rings (SSSR count). The van der Waals surface area contributed by atoms with Gasteiger partial charge >= 0.3 is 0 Å². The van der Waals surface area contributed by atoms with Crippen LogP contribution in [-0.2, 0) is 9.59 Å². The van der Waals surface area contributed by atoms with Crippen molar-refractivity contribution >= 4 is 17.1 Å². The van der Waals surface area contributed by atoms with Gasteiger partial charge in [-0.2, -0.15) is 0 Å². The van der Waals surface area contributed by atoms with Gasteiger partial charge in [0.1, 0.15) is 0 Å². The van der Waals surface area contributed by atoms with Gasteiger partial charge in [-0.25, -0.2) is 0 Å². The fraction of sp³-hybridized carbons (Fsp3) is 0.250. The zero-order valence-corrected chi connectivity index (χ0v) is 15.8. The number of Topliss-reactive ketones (excluding diaryl/α,β-unsaturated/α-hetero) is 2. The van der Waals surface area contributed by atoms with Crippen LogP contribution in [0.3, 0.4) is 0 Å². The van der Waals surface area contributed by atoms with Crippen LogP contribution in [0.4, 0.5) is 0 Å². The summed E-state index contributed by atoms with van der Waals surface area (Å²) in [7, 11) is 0. The van der Waals surface area contributed by atoms with E-state index in [0.717, 1.165) is 39.0 Å². The minimum atomic E-state index is 0.0907. The number of carbonyl (C=O) groups is 2. The van der Waals surface area contributed by atoms with E-state index in [1.807, 2.05) is 76.3 Å². The third-order valence-corrected chi connectivity index (χ3v) is 4.98. The average Bonchev–Trinajstić information content (AvgIpc) is 2.65. The fourth-order valence-corrected chi connectivity index (χ4v) is 3.34. The van der Waals surface area contributed by atoms with Gasteiger partial charge in [0, 0.05) is 16.7 Å². The topological polar surface area (TPSA) is 34.1 Å². The highest BCUT2D eigenvalue weighted by atomic mass is 16.1. The molecule has 0 heterocycles. The molecule has 0 amide bonds. The lowest BCUT2D eigenvalue weighted by molar-refractivity contribution is -0.112. The van der Waals surface area contributed by atoms with E-state index in [4.69, 9.17) is 0 Å². The molecular weight excluding hydrogens is 320 g/mol. The summed E-state index contributed by atoms with van der Waals surface area (Å²) >= 11 is 0. The van der Waals surface area contributed by atoms with Gasteiger partial charge in [-0.3, -0.25) is 9.59 Å². The van der Waals surface area contributed by atoms with E-state index in [-0.39, 0.29) is 11.6 Å². The molecule has 0 saturated carbocycles. The van der Waals surface area contributed by atoms with Crippen LogP contribution in [0.5, 0.6) is 0 Å². The van der Waals surface area contributed by atoms with E-state index < -0.39 is 0 Å². The lowest BCUT2D eigenvalue weighted by Crippen LogP contribution is -2.12. The number of carbonyl (C=O) groups excluding carboxylic acids is 2. The molecule has 2 nitrogen and oxygen atoms in total. The first-order chi connectivity index (χ1) is 12.4. The molecule has 2 aliphatic carbocycles. The Bertz CT molecular complexity index is 929. The van der Waals surface area contributed by atoms with E-state index in [1.165, 1.54) is 5.56 Å². The molecule has 132 valence electrons. The molecule has 0 unspecified atom stereocenters. The SMILES string of the molecule is CCC1=CC(=C2C=C(CC)C(=O)C(c3ccc(C)cc3)=C2)C=C(C)C1=O. The van der Waals surface area contributed by atoms with Crippen molar-refractivity contribution in [3.63, 3.8) is 0 Å². The van der Waals surface area contributed by atoms with Crippen LogP contribution in [0.2, 0.25) is 0 Å². The van der Waals surface area contributed by atoms with E-state index in [2.05, 4.69) is 0 Å². The second kappa shape index (κ2) is 7.25. The smallest absolute Gasteiger partial charge is 0.189 e. The van der Waals surface area contributed by atoms with Gasteiger partial charge in [-0.15, -0.1) is 0 Å². The predicted octanol–water partition coefficient (Wildman–Crippen LogP) is 5.46. The number of aryl methyl sites for hydroxylation is 1. The molecule has 0 N–H and O–H groups in total. The molecule has 2 aliphatic rings. The molecule has 1 aromatic rings. The number of rotatable bonds is 3. The van der Waals surface area contributed by atoms with Crippen molar-refractivity contribution in [2.45, 2.75) is 40.5 Å². The van der Waals surface area contributed by atoms with Crippen molar-refractivity contribution < 1.29 is 9.59 Å². The van der Waals surface area contributed by atoms with Crippen LogP contribution < -0.4 is 0 Å². The molecule has 2 heteroatoms. The van der Waals surface area contributed by atoms with Crippen molar-refractivity contribution in [1.82, 2.24) is 0 Å². The van der Waals surface area contributed by atoms with Crippen molar-refractivity contribution in [2.75, 3.05) is 0 Å². The van der Waals surface area contributed by atoms with Crippen LogP contribution in [0, 0.1) is 6.92 Å². The number of hydrogen-bond acceptors (Lipinski definition) is 2. The van der Waals surface area contributed by atoms with Gasteiger partial charge in [0.05, 0.1) is 0 Å². The van der Waals surface area contributed by atoms with Crippen LogP contribution in [0.25, 0.3) is 5.57 Å². The Morgan fingerprint density at radius 1 is 0.692 bits per heavy atom. The summed E-state index contributed by atoms with van der Waals surface area (Å²) in [6.07, 6.45) is 9.22. The highest BCUT2D eigenvalue weighted by Gasteiger charge is 2.23. The highest BCUT2D eigenvalue weighted by Crippen LogP contribution is 2.32. The fourth-order valence-electron chi connectivity index (χ4n) is 3.34. The normalized spacial score (nSPS) is 20.5. The monoisotopic (exact) mass is 344 g/mol. The van der Waals surface area contributed by atoms with E-state index >= 15 is 0 Å². The van der Waals surface area contributed by atoms with E-state index in [9.17, 15) is 9.59 Å². The van der Waals surface area contributed by atoms with Crippen molar-refractivity contribution in [3.8, 4) is 0 Å². The first-order valence-corrected chi connectivity index (χ1v) is 9.16. The van der Waals surface area contributed by atoms with Gasteiger partial charge in [-0.05, 0) is 73.3 Å². The molecule has 0 bridgehead atoms. The first-order valence-electron chi connectivity index (χ1n) is 9.16. The maximum Gasteiger partial charge on any atom is 0.189 e. The second-order valence-corrected chi connectivity index (χ2v) is 6.87. The quantitative estimate of drug-likeness (QED) is 0.729. The molecule has 0 aromatic heterocycles. The van der Waals surface area contributed by atoms with Crippen LogP contribution in [0.15, 0.2) is 76.4 Å². The van der Waals surface area contributed by atoms with Gasteiger partial charge in [0.2, 0.25) is 0 Å². The Morgan fingerprint density at radius 2 is 1.23 bits per heavy atom. The Morgan fingerprint density at radius 3 is 1.81 bits per heavy atom. The molecular formula is C24H24O2. The summed E-state index contributed by atoms with van der Waals surface area (Å²) in [5, 5.41) is 0. The Hall–Kier alpha value is -2.74. The van der Waals surface area contributed by atoms with Gasteiger partial charge in [0.15, 0.2) is 11.6 Å². The lowest BCUT2D eigenvalue weighted by atomic mass is 9.84. The molecule has 0 fully saturated rings. The number of benzene rings is 1. The molecule has 26 heavy (non-hydrogen) atoms. The summed E-state index contributed by atoms with van der Waals surface area (Å²) < 4.78 is 0. The summed E-state index contributed by atoms with van der Waals surface area (Å²) in [6.45, 7) is 7.89. The molecule has 0 saturated heterocycles. The van der Waals surface area contributed by atoms with Crippen molar-refractivity contribution in [3.05, 3.63) is 87.6 Å². The predicted molar refractivity (Wildman–Crippen MR) is 107 cm³/mol. The third kappa shape index (κ3) is 3.32. The van der Waals surface area contributed by atoms with Crippen LogP contribution >= 0.6 is 0 Å². The van der Waals surface area contributed by atoms with Crippen molar-refractivity contribution in [1.29, 1.82) is 0 Å². The Kier molecular flexibility index (Phi) is 5.03. The Labute approximate surface area is 155 Å². The maximum atomic E-state index is 12.9.